The zero-order valence-electron chi connectivity index (χ0n) is 11.1. The Labute approximate surface area is 126 Å². The number of piperazine rings is 1. The normalized spacial score (nSPS) is 18.4. The van der Waals surface area contributed by atoms with Gasteiger partial charge in [0, 0.05) is 31.9 Å². The molecule has 0 amide bonds. The Morgan fingerprint density at radius 1 is 1.30 bits per heavy atom. The van der Waals surface area contributed by atoms with Crippen molar-refractivity contribution in [3.05, 3.63) is 22.4 Å². The minimum absolute atomic E-state index is 0.0586. The molecule has 2 N–H and O–H groups in total. The van der Waals surface area contributed by atoms with Gasteiger partial charge >= 0.3 is 0 Å². The quantitative estimate of drug-likeness (QED) is 0.824. The van der Waals surface area contributed by atoms with Crippen molar-refractivity contribution in [3.63, 3.8) is 0 Å². The molecule has 20 heavy (non-hydrogen) atoms. The standard InChI is InChI=1S/C12H17BrFN3O2S/c1-2-16-3-5-17(6-4-16)20(18,19)11-8-9(15)7-10(13)12(11)14/h7-8H,2-6,15H2,1H3. The third kappa shape index (κ3) is 2.98. The average Bonchev–Trinajstić information content (AvgIpc) is 2.42. The Hall–Kier alpha value is -0.700. The van der Waals surface area contributed by atoms with Crippen LogP contribution in [-0.4, -0.2) is 50.3 Å². The van der Waals surface area contributed by atoms with Crippen LogP contribution in [0.4, 0.5) is 10.1 Å². The predicted octanol–water partition coefficient (Wildman–Crippen LogP) is 1.50. The number of anilines is 1. The number of hydrogen-bond acceptors (Lipinski definition) is 4. The number of likely N-dealkylation sites (N-methyl/N-ethyl adjacent to an activating group) is 1. The van der Waals surface area contributed by atoms with E-state index in [9.17, 15) is 12.8 Å². The SMILES string of the molecule is CCN1CCN(S(=O)(=O)c2cc(N)cc(Br)c2F)CC1. The number of hydrogen-bond donors (Lipinski definition) is 1. The molecule has 5 nitrogen and oxygen atoms in total. The molecule has 0 spiro atoms. The largest absolute Gasteiger partial charge is 0.399 e. The third-order valence-corrected chi connectivity index (χ3v) is 5.89. The van der Waals surface area contributed by atoms with Crippen LogP contribution in [0.15, 0.2) is 21.5 Å². The fraction of sp³-hybridized carbons (Fsp3) is 0.500. The lowest BCUT2D eigenvalue weighted by atomic mass is 10.3. The second-order valence-electron chi connectivity index (χ2n) is 4.65. The van der Waals surface area contributed by atoms with Gasteiger partial charge in [-0.05, 0) is 34.6 Å². The molecule has 1 aliphatic rings. The van der Waals surface area contributed by atoms with Crippen molar-refractivity contribution in [2.24, 2.45) is 0 Å². The minimum Gasteiger partial charge on any atom is -0.399 e. The third-order valence-electron chi connectivity index (χ3n) is 3.41. The van der Waals surface area contributed by atoms with Crippen molar-refractivity contribution in [2.75, 3.05) is 38.5 Å². The van der Waals surface area contributed by atoms with E-state index in [1.807, 2.05) is 6.92 Å². The maximum absolute atomic E-state index is 14.1. The zero-order valence-corrected chi connectivity index (χ0v) is 13.5. The molecule has 0 unspecified atom stereocenters. The second-order valence-corrected chi connectivity index (χ2v) is 7.41. The van der Waals surface area contributed by atoms with Gasteiger partial charge in [0.25, 0.3) is 0 Å². The molecular weight excluding hydrogens is 349 g/mol. The summed E-state index contributed by atoms with van der Waals surface area (Å²) in [7, 11) is -3.85. The molecule has 0 radical (unpaired) electrons. The van der Waals surface area contributed by atoms with Gasteiger partial charge in [-0.25, -0.2) is 12.8 Å². The highest BCUT2D eigenvalue weighted by atomic mass is 79.9. The molecule has 0 saturated carbocycles. The number of rotatable bonds is 3. The molecule has 1 saturated heterocycles. The highest BCUT2D eigenvalue weighted by Gasteiger charge is 2.31. The van der Waals surface area contributed by atoms with Gasteiger partial charge in [0.15, 0.2) is 5.82 Å². The zero-order chi connectivity index (χ0) is 14.9. The predicted molar refractivity (Wildman–Crippen MR) is 79.4 cm³/mol. The van der Waals surface area contributed by atoms with E-state index in [0.29, 0.717) is 26.2 Å². The van der Waals surface area contributed by atoms with E-state index < -0.39 is 15.8 Å². The van der Waals surface area contributed by atoms with Crippen molar-refractivity contribution in [1.82, 2.24) is 9.21 Å². The molecule has 1 aromatic rings. The van der Waals surface area contributed by atoms with E-state index >= 15 is 0 Å². The Kier molecular flexibility index (Phi) is 4.68. The molecule has 8 heteroatoms. The van der Waals surface area contributed by atoms with E-state index in [4.69, 9.17) is 5.73 Å². The lowest BCUT2D eigenvalue weighted by Crippen LogP contribution is -2.48. The molecule has 112 valence electrons. The number of benzene rings is 1. The van der Waals surface area contributed by atoms with Crippen LogP contribution in [0.2, 0.25) is 0 Å². The fourth-order valence-electron chi connectivity index (χ4n) is 2.20. The molecule has 1 aromatic carbocycles. The van der Waals surface area contributed by atoms with Crippen LogP contribution < -0.4 is 5.73 Å². The molecule has 2 rings (SSSR count). The van der Waals surface area contributed by atoms with Crippen LogP contribution in [0.5, 0.6) is 0 Å². The first kappa shape index (κ1) is 15.7. The molecule has 0 aliphatic carbocycles. The molecule has 0 atom stereocenters. The summed E-state index contributed by atoms with van der Waals surface area (Å²) in [4.78, 5) is 1.78. The average molecular weight is 366 g/mol. The van der Waals surface area contributed by atoms with Crippen molar-refractivity contribution in [1.29, 1.82) is 0 Å². The van der Waals surface area contributed by atoms with E-state index in [-0.39, 0.29) is 15.1 Å². The van der Waals surface area contributed by atoms with E-state index in [1.165, 1.54) is 16.4 Å². The summed E-state index contributed by atoms with van der Waals surface area (Å²) in [6.45, 7) is 4.94. The Bertz CT molecular complexity index is 601. The van der Waals surface area contributed by atoms with Crippen LogP contribution in [0.3, 0.4) is 0 Å². The molecular formula is C12H17BrFN3O2S. The number of halogens is 2. The monoisotopic (exact) mass is 365 g/mol. The Balaban J connectivity index is 2.32. The Morgan fingerprint density at radius 3 is 2.45 bits per heavy atom. The van der Waals surface area contributed by atoms with Gasteiger partial charge in [-0.1, -0.05) is 6.92 Å². The minimum atomic E-state index is -3.85. The van der Waals surface area contributed by atoms with Crippen LogP contribution in [-0.2, 0) is 10.0 Å². The van der Waals surface area contributed by atoms with Gasteiger partial charge in [0.1, 0.15) is 4.90 Å². The molecule has 0 aromatic heterocycles. The summed E-state index contributed by atoms with van der Waals surface area (Å²) in [5, 5.41) is 0. The summed E-state index contributed by atoms with van der Waals surface area (Å²) in [6.07, 6.45) is 0. The first-order chi connectivity index (χ1) is 9.36. The molecule has 1 aliphatic heterocycles. The summed E-state index contributed by atoms with van der Waals surface area (Å²) in [6, 6.07) is 2.52. The first-order valence-corrected chi connectivity index (χ1v) is 8.56. The van der Waals surface area contributed by atoms with E-state index in [1.54, 1.807) is 0 Å². The van der Waals surface area contributed by atoms with Crippen molar-refractivity contribution in [2.45, 2.75) is 11.8 Å². The smallest absolute Gasteiger partial charge is 0.246 e. The van der Waals surface area contributed by atoms with Crippen molar-refractivity contribution in [3.8, 4) is 0 Å². The number of nitrogen functional groups attached to an aromatic ring is 1. The lowest BCUT2D eigenvalue weighted by Gasteiger charge is -2.33. The Morgan fingerprint density at radius 2 is 1.90 bits per heavy atom. The van der Waals surface area contributed by atoms with E-state index in [0.717, 1.165) is 6.54 Å². The highest BCUT2D eigenvalue weighted by Crippen LogP contribution is 2.28. The highest BCUT2D eigenvalue weighted by molar-refractivity contribution is 9.10. The van der Waals surface area contributed by atoms with Crippen LogP contribution in [0, 0.1) is 5.82 Å². The molecule has 0 bridgehead atoms. The van der Waals surface area contributed by atoms with Crippen LogP contribution >= 0.6 is 15.9 Å². The fourth-order valence-corrected chi connectivity index (χ4v) is 4.35. The van der Waals surface area contributed by atoms with Crippen molar-refractivity contribution < 1.29 is 12.8 Å². The summed E-state index contributed by atoms with van der Waals surface area (Å²) in [5.74, 6) is -0.794. The van der Waals surface area contributed by atoms with Crippen molar-refractivity contribution >= 4 is 31.6 Å². The van der Waals surface area contributed by atoms with Gasteiger partial charge in [0.05, 0.1) is 4.47 Å². The maximum atomic E-state index is 14.1. The van der Waals surface area contributed by atoms with Gasteiger partial charge in [-0.15, -0.1) is 0 Å². The van der Waals surface area contributed by atoms with Crippen LogP contribution in [0.1, 0.15) is 6.92 Å². The maximum Gasteiger partial charge on any atom is 0.246 e. The summed E-state index contributed by atoms with van der Waals surface area (Å²) >= 11 is 2.99. The summed E-state index contributed by atoms with van der Waals surface area (Å²) < 4.78 is 40.4. The number of nitrogens with zero attached hydrogens (tertiary/aromatic N) is 2. The molecule has 1 heterocycles. The molecule has 1 fully saturated rings. The first-order valence-electron chi connectivity index (χ1n) is 6.33. The van der Waals surface area contributed by atoms with E-state index in [2.05, 4.69) is 20.8 Å². The number of nitrogens with two attached hydrogens (primary N) is 1. The number of sulfonamides is 1. The van der Waals surface area contributed by atoms with Gasteiger partial charge in [-0.3, -0.25) is 0 Å². The lowest BCUT2D eigenvalue weighted by molar-refractivity contribution is 0.196. The summed E-state index contributed by atoms with van der Waals surface area (Å²) in [5.41, 5.74) is 5.82. The van der Waals surface area contributed by atoms with Crippen LogP contribution in [0.25, 0.3) is 0 Å². The second kappa shape index (κ2) is 5.97. The van der Waals surface area contributed by atoms with Gasteiger partial charge in [-0.2, -0.15) is 4.31 Å². The van der Waals surface area contributed by atoms with Gasteiger partial charge in [0.2, 0.25) is 10.0 Å². The topological polar surface area (TPSA) is 66.6 Å². The van der Waals surface area contributed by atoms with Gasteiger partial charge < -0.3 is 10.6 Å².